The first-order valence-electron chi connectivity index (χ1n) is 4.76. The summed E-state index contributed by atoms with van der Waals surface area (Å²) in [4.78, 5) is 20.5. The van der Waals surface area contributed by atoms with Crippen LogP contribution in [0.2, 0.25) is 5.02 Å². The maximum atomic E-state index is 10.2. The highest BCUT2D eigenvalue weighted by molar-refractivity contribution is 6.31. The molecule has 0 saturated carbocycles. The Morgan fingerprint density at radius 1 is 1.12 bits per heavy atom. The number of cyclic esters (lactones) is 2. The van der Waals surface area contributed by atoms with Crippen LogP contribution in [0, 0.1) is 0 Å². The van der Waals surface area contributed by atoms with Crippen LogP contribution in [0.5, 0.6) is 5.75 Å². The van der Waals surface area contributed by atoms with Crippen molar-refractivity contribution in [1.82, 2.24) is 0 Å². The number of carbonyl (C=O) groups excluding carboxylic acids is 2. The Kier molecular flexibility index (Phi) is 4.79. The maximum absolute atomic E-state index is 10.2. The summed E-state index contributed by atoms with van der Waals surface area (Å²) >= 11 is 5.46. The molecule has 1 aromatic carbocycles. The predicted molar refractivity (Wildman–Crippen MR) is 58.1 cm³/mol. The van der Waals surface area contributed by atoms with E-state index in [1.807, 2.05) is 0 Å². The van der Waals surface area contributed by atoms with Gasteiger partial charge in [-0.25, -0.2) is 0 Å². The van der Waals surface area contributed by atoms with Gasteiger partial charge in [0.2, 0.25) is 0 Å². The summed E-state index contributed by atoms with van der Waals surface area (Å²) in [6, 6.07) is 6.67. The second-order valence-electron chi connectivity index (χ2n) is 3.15. The number of rotatable bonds is 0. The van der Waals surface area contributed by atoms with Crippen LogP contribution in [0.4, 0.5) is 0 Å². The highest BCUT2D eigenvalue weighted by Gasteiger charge is 2.15. The molecule has 1 aliphatic rings. The van der Waals surface area contributed by atoms with E-state index >= 15 is 0 Å². The summed E-state index contributed by atoms with van der Waals surface area (Å²) in [5.41, 5.74) is 0. The summed E-state index contributed by atoms with van der Waals surface area (Å²) in [5.74, 6) is -0.642. The minimum absolute atomic E-state index is 0.133. The lowest BCUT2D eigenvalue weighted by Gasteiger charge is -2.06. The molecule has 1 heterocycles. The molecule has 0 radical (unpaired) electrons. The Morgan fingerprint density at radius 2 is 1.69 bits per heavy atom. The molecule has 0 aliphatic carbocycles. The maximum Gasteiger partial charge on any atom is 0.313 e. The van der Waals surface area contributed by atoms with Gasteiger partial charge in [0.25, 0.3) is 0 Å². The molecule has 0 atom stereocenters. The second kappa shape index (κ2) is 6.12. The van der Waals surface area contributed by atoms with E-state index in [1.165, 1.54) is 0 Å². The number of benzene rings is 1. The zero-order valence-corrected chi connectivity index (χ0v) is 9.24. The molecule has 0 unspecified atom stereocenters. The minimum atomic E-state index is -0.388. The smallest absolute Gasteiger partial charge is 0.313 e. The van der Waals surface area contributed by atoms with Crippen LogP contribution in [0.3, 0.4) is 0 Å². The quantitative estimate of drug-likeness (QED) is 0.560. The summed E-state index contributed by atoms with van der Waals surface area (Å²) in [7, 11) is 0. The Balaban J connectivity index is 0.000000160. The average Bonchev–Trinajstić information content (AvgIpc) is 2.23. The normalized spacial score (nSPS) is 14.8. The highest BCUT2D eigenvalue weighted by atomic mass is 35.5. The number of phenols is 1. The van der Waals surface area contributed by atoms with Gasteiger partial charge in [-0.2, -0.15) is 0 Å². The van der Waals surface area contributed by atoms with Crippen molar-refractivity contribution in [2.45, 2.75) is 19.3 Å². The van der Waals surface area contributed by atoms with E-state index < -0.39 is 0 Å². The number of hydrogen-bond acceptors (Lipinski definition) is 4. The van der Waals surface area contributed by atoms with Crippen LogP contribution in [0.1, 0.15) is 19.3 Å². The van der Waals surface area contributed by atoms with Crippen LogP contribution in [-0.2, 0) is 14.3 Å². The van der Waals surface area contributed by atoms with E-state index in [0.29, 0.717) is 24.3 Å². The van der Waals surface area contributed by atoms with E-state index in [4.69, 9.17) is 16.7 Å². The van der Waals surface area contributed by atoms with E-state index in [0.717, 1.165) is 0 Å². The number of para-hydroxylation sites is 1. The molecule has 0 amide bonds. The first kappa shape index (κ1) is 12.5. The van der Waals surface area contributed by atoms with Gasteiger partial charge in [-0.3, -0.25) is 9.59 Å². The molecule has 1 aliphatic heterocycles. The van der Waals surface area contributed by atoms with Gasteiger partial charge in [-0.15, -0.1) is 0 Å². The van der Waals surface area contributed by atoms with Crippen molar-refractivity contribution >= 4 is 23.5 Å². The van der Waals surface area contributed by atoms with Crippen molar-refractivity contribution in [2.75, 3.05) is 0 Å². The number of phenolic OH excluding ortho intramolecular Hbond substituents is 1. The van der Waals surface area contributed by atoms with E-state index in [9.17, 15) is 9.59 Å². The fraction of sp³-hybridized carbons (Fsp3) is 0.273. The molecule has 1 fully saturated rings. The van der Waals surface area contributed by atoms with Gasteiger partial charge in [0, 0.05) is 12.8 Å². The molecule has 16 heavy (non-hydrogen) atoms. The molecule has 0 bridgehead atoms. The van der Waals surface area contributed by atoms with E-state index in [2.05, 4.69) is 4.74 Å². The topological polar surface area (TPSA) is 63.6 Å². The molecular formula is C11H11ClO4. The molecule has 86 valence electrons. The van der Waals surface area contributed by atoms with E-state index in [-0.39, 0.29) is 17.7 Å². The third kappa shape index (κ3) is 4.31. The first-order valence-corrected chi connectivity index (χ1v) is 5.14. The number of halogens is 1. The minimum Gasteiger partial charge on any atom is -0.506 e. The molecule has 1 saturated heterocycles. The number of hydrogen-bond donors (Lipinski definition) is 1. The molecule has 2 rings (SSSR count). The molecule has 0 spiro atoms. The highest BCUT2D eigenvalue weighted by Crippen LogP contribution is 2.20. The Morgan fingerprint density at radius 3 is 2.00 bits per heavy atom. The van der Waals surface area contributed by atoms with Crippen molar-refractivity contribution in [2.24, 2.45) is 0 Å². The third-order valence-electron chi connectivity index (χ3n) is 1.84. The van der Waals surface area contributed by atoms with Crippen LogP contribution >= 0.6 is 11.6 Å². The van der Waals surface area contributed by atoms with Crippen molar-refractivity contribution in [3.05, 3.63) is 29.3 Å². The van der Waals surface area contributed by atoms with Crippen molar-refractivity contribution in [3.63, 3.8) is 0 Å². The molecule has 1 N–H and O–H groups in total. The molecule has 0 aromatic heterocycles. The zero-order valence-electron chi connectivity index (χ0n) is 8.48. The van der Waals surface area contributed by atoms with Gasteiger partial charge < -0.3 is 9.84 Å². The van der Waals surface area contributed by atoms with Crippen LogP contribution < -0.4 is 0 Å². The number of esters is 2. The molecule has 1 aromatic rings. The predicted octanol–water partition coefficient (Wildman–Crippen LogP) is 2.29. The SMILES string of the molecule is O=C1CCCC(=O)O1.Oc1ccccc1Cl. The fourth-order valence-corrected chi connectivity index (χ4v) is 1.19. The largest absolute Gasteiger partial charge is 0.506 e. The average molecular weight is 243 g/mol. The fourth-order valence-electron chi connectivity index (χ4n) is 1.06. The first-order chi connectivity index (χ1) is 7.59. The lowest BCUT2D eigenvalue weighted by atomic mass is 10.2. The molecular weight excluding hydrogens is 232 g/mol. The zero-order chi connectivity index (χ0) is 12.0. The Hall–Kier alpha value is -1.55. The summed E-state index contributed by atoms with van der Waals surface area (Å²) in [6.07, 6.45) is 1.44. The number of ether oxygens (including phenoxy) is 1. The summed E-state index contributed by atoms with van der Waals surface area (Å²) in [5, 5.41) is 9.18. The van der Waals surface area contributed by atoms with Gasteiger partial charge in [-0.05, 0) is 18.6 Å². The number of carbonyl (C=O) groups is 2. The Labute approximate surface area is 97.8 Å². The van der Waals surface area contributed by atoms with E-state index in [1.54, 1.807) is 24.3 Å². The van der Waals surface area contributed by atoms with Crippen molar-refractivity contribution in [1.29, 1.82) is 0 Å². The Bertz CT molecular complexity index is 354. The van der Waals surface area contributed by atoms with Gasteiger partial charge in [0.15, 0.2) is 0 Å². The standard InChI is InChI=1S/C6H5ClO.C5H6O3/c7-5-3-1-2-4-6(5)8;6-4-2-1-3-5(7)8-4/h1-4,8H;1-3H2. The van der Waals surface area contributed by atoms with Crippen molar-refractivity contribution < 1.29 is 19.4 Å². The van der Waals surface area contributed by atoms with Crippen molar-refractivity contribution in [3.8, 4) is 5.75 Å². The number of aromatic hydroxyl groups is 1. The van der Waals surface area contributed by atoms with Gasteiger partial charge in [0.05, 0.1) is 5.02 Å². The lowest BCUT2D eigenvalue weighted by Crippen LogP contribution is -2.17. The van der Waals surface area contributed by atoms with Gasteiger partial charge in [-0.1, -0.05) is 23.7 Å². The van der Waals surface area contributed by atoms with Gasteiger partial charge >= 0.3 is 11.9 Å². The van der Waals surface area contributed by atoms with Gasteiger partial charge in [0.1, 0.15) is 5.75 Å². The summed E-state index contributed by atoms with van der Waals surface area (Å²) < 4.78 is 4.21. The van der Waals surface area contributed by atoms with Crippen LogP contribution in [-0.4, -0.2) is 17.0 Å². The summed E-state index contributed by atoms with van der Waals surface area (Å²) in [6.45, 7) is 0. The molecule has 5 heteroatoms. The van der Waals surface area contributed by atoms with Crippen LogP contribution in [0.15, 0.2) is 24.3 Å². The second-order valence-corrected chi connectivity index (χ2v) is 3.56. The third-order valence-corrected chi connectivity index (χ3v) is 2.16. The molecule has 4 nitrogen and oxygen atoms in total. The monoisotopic (exact) mass is 242 g/mol. The van der Waals surface area contributed by atoms with Crippen LogP contribution in [0.25, 0.3) is 0 Å². The lowest BCUT2D eigenvalue weighted by molar-refractivity contribution is -0.163.